The molecule has 8 nitrogen and oxygen atoms in total. The van der Waals surface area contributed by atoms with Crippen LogP contribution in [0.1, 0.15) is 5.69 Å². The molecule has 0 bridgehead atoms. The number of hydrogen-bond acceptors (Lipinski definition) is 7. The summed E-state index contributed by atoms with van der Waals surface area (Å²) < 4.78 is 10.6. The lowest BCUT2D eigenvalue weighted by atomic mass is 10.0. The van der Waals surface area contributed by atoms with Crippen LogP contribution in [0.3, 0.4) is 0 Å². The maximum atomic E-state index is 11.3. The maximum absolute atomic E-state index is 11.3. The van der Waals surface area contributed by atoms with Gasteiger partial charge in [0.15, 0.2) is 6.61 Å². The van der Waals surface area contributed by atoms with Crippen molar-refractivity contribution in [2.24, 2.45) is 0 Å². The molecule has 0 radical (unpaired) electrons. The highest BCUT2D eigenvalue weighted by molar-refractivity contribution is 5.91. The van der Waals surface area contributed by atoms with Gasteiger partial charge in [-0.1, -0.05) is 0 Å². The molecule has 2 heterocycles. The second-order valence-corrected chi connectivity index (χ2v) is 5.24. The van der Waals surface area contributed by atoms with E-state index in [1.807, 2.05) is 19.1 Å². The Morgan fingerprint density at radius 2 is 2.04 bits per heavy atom. The third-order valence-electron chi connectivity index (χ3n) is 3.67. The van der Waals surface area contributed by atoms with Crippen molar-refractivity contribution in [2.45, 2.75) is 6.92 Å². The molecule has 0 aliphatic carbocycles. The number of benzene rings is 1. The Kier molecular flexibility index (Phi) is 4.71. The summed E-state index contributed by atoms with van der Waals surface area (Å²) in [7, 11) is 1.55. The minimum Gasteiger partial charge on any atom is -0.481 e. The highest BCUT2D eigenvalue weighted by atomic mass is 16.5. The number of hydroxylamine groups is 1. The molecule has 3 aromatic rings. The van der Waals surface area contributed by atoms with E-state index in [0.717, 1.165) is 22.2 Å². The largest absolute Gasteiger partial charge is 0.481 e. The highest BCUT2D eigenvalue weighted by Crippen LogP contribution is 2.32. The van der Waals surface area contributed by atoms with Gasteiger partial charge in [-0.3, -0.25) is 10.0 Å². The molecule has 1 amide bonds. The van der Waals surface area contributed by atoms with Crippen LogP contribution in [0.4, 0.5) is 0 Å². The molecule has 3 rings (SSSR count). The number of fused-ring (bicyclic) bond motifs is 1. The van der Waals surface area contributed by atoms with Crippen molar-refractivity contribution >= 4 is 16.8 Å². The summed E-state index contributed by atoms with van der Waals surface area (Å²) >= 11 is 0. The van der Waals surface area contributed by atoms with Crippen LogP contribution in [0.15, 0.2) is 36.8 Å². The molecule has 128 valence electrons. The van der Waals surface area contributed by atoms with Gasteiger partial charge in [-0.2, -0.15) is 0 Å². The number of nitrogens with zero attached hydrogens (tertiary/aromatic N) is 3. The Bertz CT molecular complexity index is 912. The van der Waals surface area contributed by atoms with E-state index in [2.05, 4.69) is 15.0 Å². The summed E-state index contributed by atoms with van der Waals surface area (Å²) in [6.07, 6.45) is 3.12. The highest BCUT2D eigenvalue weighted by Gasteiger charge is 2.12. The molecular weight excluding hydrogens is 324 g/mol. The van der Waals surface area contributed by atoms with Gasteiger partial charge in [-0.15, -0.1) is 0 Å². The van der Waals surface area contributed by atoms with Gasteiger partial charge in [-0.05, 0) is 30.7 Å². The molecule has 0 saturated heterocycles. The van der Waals surface area contributed by atoms with E-state index in [1.165, 1.54) is 11.8 Å². The van der Waals surface area contributed by atoms with Crippen LogP contribution in [0.2, 0.25) is 0 Å². The zero-order chi connectivity index (χ0) is 17.8. The average Bonchev–Trinajstić information content (AvgIpc) is 2.66. The van der Waals surface area contributed by atoms with Crippen molar-refractivity contribution < 1.29 is 19.5 Å². The fourth-order valence-electron chi connectivity index (χ4n) is 2.38. The van der Waals surface area contributed by atoms with Crippen LogP contribution in [-0.2, 0) is 4.79 Å². The lowest BCUT2D eigenvalue weighted by molar-refractivity contribution is -0.131. The van der Waals surface area contributed by atoms with E-state index >= 15 is 0 Å². The minimum absolute atomic E-state index is 0.334. The smallest absolute Gasteiger partial charge is 0.281 e. The molecule has 2 aromatic heterocycles. The van der Waals surface area contributed by atoms with Crippen LogP contribution in [0, 0.1) is 6.92 Å². The summed E-state index contributed by atoms with van der Waals surface area (Å²) in [6, 6.07) is 7.33. The van der Waals surface area contributed by atoms with E-state index in [1.54, 1.807) is 25.4 Å². The third kappa shape index (κ3) is 3.48. The zero-order valence-electron chi connectivity index (χ0n) is 13.7. The number of carbonyl (C=O) groups is 1. The molecule has 2 N–H and O–H groups in total. The number of carbonyl (C=O) groups excluding carboxylic acids is 1. The van der Waals surface area contributed by atoms with Crippen LogP contribution in [0.25, 0.3) is 22.0 Å². The first kappa shape index (κ1) is 16.6. The topological polar surface area (TPSA) is 106 Å². The van der Waals surface area contributed by atoms with Crippen molar-refractivity contribution in [3.05, 3.63) is 42.5 Å². The van der Waals surface area contributed by atoms with Crippen molar-refractivity contribution in [1.29, 1.82) is 0 Å². The Morgan fingerprint density at radius 3 is 2.72 bits per heavy atom. The summed E-state index contributed by atoms with van der Waals surface area (Å²) in [5.74, 6) is 0.271. The summed E-state index contributed by atoms with van der Waals surface area (Å²) in [5.41, 5.74) is 4.58. The Morgan fingerprint density at radius 1 is 1.20 bits per heavy atom. The summed E-state index contributed by atoms with van der Waals surface area (Å²) in [6.45, 7) is 1.53. The summed E-state index contributed by atoms with van der Waals surface area (Å²) in [4.78, 5) is 23.9. The van der Waals surface area contributed by atoms with E-state index in [4.69, 9.17) is 14.7 Å². The first-order valence-electron chi connectivity index (χ1n) is 7.44. The second-order valence-electron chi connectivity index (χ2n) is 5.24. The van der Waals surface area contributed by atoms with Gasteiger partial charge in [-0.25, -0.2) is 20.4 Å². The number of rotatable bonds is 5. The number of pyridine rings is 1. The molecule has 0 saturated carbocycles. The molecular formula is C17H16N4O4. The van der Waals surface area contributed by atoms with Crippen LogP contribution < -0.4 is 15.0 Å². The second kappa shape index (κ2) is 7.10. The first-order valence-corrected chi connectivity index (χ1v) is 7.44. The molecule has 8 heteroatoms. The number of aromatic nitrogens is 3. The fourth-order valence-corrected chi connectivity index (χ4v) is 2.38. The first-order chi connectivity index (χ1) is 12.1. The molecule has 0 aliphatic rings. The minimum atomic E-state index is -0.657. The van der Waals surface area contributed by atoms with Crippen LogP contribution in [-0.4, -0.2) is 39.8 Å². The fraction of sp³-hybridized carbons (Fsp3) is 0.176. The molecule has 0 spiro atoms. The van der Waals surface area contributed by atoms with Gasteiger partial charge in [0.2, 0.25) is 5.88 Å². The van der Waals surface area contributed by atoms with Crippen LogP contribution >= 0.6 is 0 Å². The Balaban J connectivity index is 2.09. The quantitative estimate of drug-likeness (QED) is 0.539. The summed E-state index contributed by atoms with van der Waals surface area (Å²) in [5, 5.41) is 9.43. The zero-order valence-corrected chi connectivity index (χ0v) is 13.7. The van der Waals surface area contributed by atoms with Gasteiger partial charge in [0.05, 0.1) is 7.11 Å². The third-order valence-corrected chi connectivity index (χ3v) is 3.67. The average molecular weight is 340 g/mol. The normalized spacial score (nSPS) is 10.5. The SMILES string of the molecule is COc1ccc(-c2cc(OCC(=O)NO)c3ncnc(C)c3c2)cn1. The van der Waals surface area contributed by atoms with E-state index in [0.29, 0.717) is 17.1 Å². The van der Waals surface area contributed by atoms with Gasteiger partial charge in [0, 0.05) is 28.9 Å². The number of hydrogen-bond donors (Lipinski definition) is 2. The predicted octanol–water partition coefficient (Wildman–Crippen LogP) is 1.89. The Hall–Kier alpha value is -3.26. The lowest BCUT2D eigenvalue weighted by Gasteiger charge is -2.12. The number of methoxy groups -OCH3 is 1. The number of amides is 1. The monoisotopic (exact) mass is 340 g/mol. The molecule has 0 atom stereocenters. The van der Waals surface area contributed by atoms with E-state index < -0.39 is 5.91 Å². The number of nitrogens with one attached hydrogen (secondary N) is 1. The van der Waals surface area contributed by atoms with E-state index in [-0.39, 0.29) is 6.61 Å². The molecule has 0 unspecified atom stereocenters. The molecule has 0 fully saturated rings. The maximum Gasteiger partial charge on any atom is 0.281 e. The van der Waals surface area contributed by atoms with Gasteiger partial charge in [0.25, 0.3) is 5.91 Å². The molecule has 25 heavy (non-hydrogen) atoms. The van der Waals surface area contributed by atoms with Crippen molar-refractivity contribution in [3.63, 3.8) is 0 Å². The van der Waals surface area contributed by atoms with E-state index in [9.17, 15) is 4.79 Å². The van der Waals surface area contributed by atoms with Gasteiger partial charge < -0.3 is 9.47 Å². The van der Waals surface area contributed by atoms with Gasteiger partial charge >= 0.3 is 0 Å². The number of ether oxygens (including phenoxy) is 2. The van der Waals surface area contributed by atoms with Crippen molar-refractivity contribution in [1.82, 2.24) is 20.4 Å². The van der Waals surface area contributed by atoms with Crippen molar-refractivity contribution in [3.8, 4) is 22.8 Å². The predicted molar refractivity (Wildman–Crippen MR) is 89.5 cm³/mol. The lowest BCUT2D eigenvalue weighted by Crippen LogP contribution is -2.25. The number of aryl methyl sites for hydroxylation is 1. The van der Waals surface area contributed by atoms with Crippen molar-refractivity contribution in [2.75, 3.05) is 13.7 Å². The van der Waals surface area contributed by atoms with Crippen LogP contribution in [0.5, 0.6) is 11.6 Å². The molecule has 0 aliphatic heterocycles. The molecule has 1 aromatic carbocycles. The van der Waals surface area contributed by atoms with Gasteiger partial charge in [0.1, 0.15) is 17.6 Å². The standard InChI is InChI=1S/C17H16N4O4/c1-10-13-5-12(11-3-4-16(24-2)18-7-11)6-14(17(13)20-9-19-10)25-8-15(22)21-23/h3-7,9,23H,8H2,1-2H3,(H,21,22). The Labute approximate surface area is 143 Å².